The number of benzene rings is 1. The van der Waals surface area contributed by atoms with E-state index in [4.69, 9.17) is 9.84 Å². The van der Waals surface area contributed by atoms with Gasteiger partial charge in [-0.25, -0.2) is 8.42 Å². The molecule has 0 heterocycles. The molecule has 6 heteroatoms. The van der Waals surface area contributed by atoms with E-state index in [1.165, 1.54) is 0 Å². The summed E-state index contributed by atoms with van der Waals surface area (Å²) in [7, 11) is -1.55. The number of methoxy groups -OCH3 is 1. The Balaban J connectivity index is 2.52. The topological polar surface area (TPSA) is 75.6 Å². The van der Waals surface area contributed by atoms with Gasteiger partial charge in [0.15, 0.2) is 9.84 Å². The molecule has 1 aromatic rings. The summed E-state index contributed by atoms with van der Waals surface area (Å²) in [6, 6.07) is 5.57. The average molecular weight is 273 g/mol. The summed E-state index contributed by atoms with van der Waals surface area (Å²) >= 11 is 0. The lowest BCUT2D eigenvalue weighted by Crippen LogP contribution is -2.20. The highest BCUT2D eigenvalue weighted by atomic mass is 32.2. The van der Waals surface area contributed by atoms with Crippen LogP contribution in [0.2, 0.25) is 0 Å². The van der Waals surface area contributed by atoms with Gasteiger partial charge in [-0.15, -0.1) is 0 Å². The third-order valence-electron chi connectivity index (χ3n) is 2.54. The molecular formula is C12H19NO4S. The highest BCUT2D eigenvalue weighted by Crippen LogP contribution is 2.21. The van der Waals surface area contributed by atoms with Gasteiger partial charge in [0.1, 0.15) is 5.75 Å². The van der Waals surface area contributed by atoms with Crippen LogP contribution in [0, 0.1) is 6.92 Å². The van der Waals surface area contributed by atoms with Gasteiger partial charge in [0.05, 0.1) is 25.2 Å². The quantitative estimate of drug-likeness (QED) is 0.769. The van der Waals surface area contributed by atoms with Gasteiger partial charge in [0, 0.05) is 12.2 Å². The summed E-state index contributed by atoms with van der Waals surface area (Å²) in [6.07, 6.45) is 0. The van der Waals surface area contributed by atoms with Gasteiger partial charge in [-0.3, -0.25) is 0 Å². The van der Waals surface area contributed by atoms with Crippen LogP contribution < -0.4 is 10.1 Å². The Labute approximate surface area is 108 Å². The van der Waals surface area contributed by atoms with E-state index in [-0.39, 0.29) is 18.1 Å². The molecule has 0 saturated heterocycles. The largest absolute Gasteiger partial charge is 0.496 e. The summed E-state index contributed by atoms with van der Waals surface area (Å²) in [5.74, 6) is 0.628. The van der Waals surface area contributed by atoms with Crippen LogP contribution in [0.15, 0.2) is 18.2 Å². The Kier molecular flexibility index (Phi) is 5.43. The zero-order valence-corrected chi connectivity index (χ0v) is 11.5. The highest BCUT2D eigenvalue weighted by Gasteiger charge is 2.09. The lowest BCUT2D eigenvalue weighted by molar-refractivity contribution is 0.319. The van der Waals surface area contributed by atoms with Crippen molar-refractivity contribution >= 4 is 15.5 Å². The maximum atomic E-state index is 11.4. The third kappa shape index (κ3) is 4.54. The predicted octanol–water partition coefficient (Wildman–Crippen LogP) is 0.823. The number of sulfone groups is 1. The monoisotopic (exact) mass is 273 g/mol. The second kappa shape index (κ2) is 6.61. The molecule has 0 amide bonds. The van der Waals surface area contributed by atoms with E-state index in [1.807, 2.05) is 25.1 Å². The molecule has 102 valence electrons. The van der Waals surface area contributed by atoms with Crippen molar-refractivity contribution in [3.63, 3.8) is 0 Å². The number of nitrogens with one attached hydrogen (secondary N) is 1. The number of rotatable bonds is 7. The summed E-state index contributed by atoms with van der Waals surface area (Å²) in [5.41, 5.74) is 1.84. The van der Waals surface area contributed by atoms with Crippen molar-refractivity contribution in [2.45, 2.75) is 6.92 Å². The van der Waals surface area contributed by atoms with Gasteiger partial charge in [-0.05, 0) is 30.7 Å². The van der Waals surface area contributed by atoms with Crippen LogP contribution in [0.1, 0.15) is 5.56 Å². The first-order valence-electron chi connectivity index (χ1n) is 5.68. The number of aliphatic hydroxyl groups excluding tert-OH is 1. The molecule has 2 N–H and O–H groups in total. The first kappa shape index (κ1) is 14.8. The fourth-order valence-corrected chi connectivity index (χ4v) is 2.48. The number of aryl methyl sites for hydroxylation is 1. The van der Waals surface area contributed by atoms with Crippen molar-refractivity contribution in [3.8, 4) is 5.75 Å². The van der Waals surface area contributed by atoms with E-state index in [9.17, 15) is 8.42 Å². The zero-order chi connectivity index (χ0) is 13.6. The fourth-order valence-electron chi connectivity index (χ4n) is 1.58. The molecule has 0 fully saturated rings. The molecule has 1 aromatic carbocycles. The highest BCUT2D eigenvalue weighted by molar-refractivity contribution is 7.91. The Morgan fingerprint density at radius 3 is 2.61 bits per heavy atom. The van der Waals surface area contributed by atoms with Crippen molar-refractivity contribution in [2.75, 3.05) is 37.1 Å². The van der Waals surface area contributed by atoms with E-state index < -0.39 is 9.84 Å². The summed E-state index contributed by atoms with van der Waals surface area (Å²) in [6.45, 7) is 1.92. The maximum Gasteiger partial charge on any atom is 0.154 e. The standard InChI is InChI=1S/C12H19NO4S/c1-10-9-11(3-4-12(10)17-2)13-5-7-18(15,16)8-6-14/h3-4,9,13-14H,5-8H2,1-2H3. The summed E-state index contributed by atoms with van der Waals surface area (Å²) < 4.78 is 27.9. The molecule has 18 heavy (non-hydrogen) atoms. The van der Waals surface area contributed by atoms with E-state index >= 15 is 0 Å². The molecule has 0 atom stereocenters. The van der Waals surface area contributed by atoms with Gasteiger partial charge in [-0.1, -0.05) is 0 Å². The fraction of sp³-hybridized carbons (Fsp3) is 0.500. The van der Waals surface area contributed by atoms with E-state index in [2.05, 4.69) is 5.32 Å². The first-order valence-corrected chi connectivity index (χ1v) is 7.50. The Morgan fingerprint density at radius 1 is 1.33 bits per heavy atom. The molecule has 0 spiro atoms. The van der Waals surface area contributed by atoms with E-state index in [0.717, 1.165) is 17.0 Å². The summed E-state index contributed by atoms with van der Waals surface area (Å²) in [5, 5.41) is 11.6. The van der Waals surface area contributed by atoms with Gasteiger partial charge >= 0.3 is 0 Å². The SMILES string of the molecule is COc1ccc(NCCS(=O)(=O)CCO)cc1C. The van der Waals surface area contributed by atoms with Crippen molar-refractivity contribution in [1.29, 1.82) is 0 Å². The number of aliphatic hydroxyl groups is 1. The van der Waals surface area contributed by atoms with Crippen molar-refractivity contribution < 1.29 is 18.3 Å². The lowest BCUT2D eigenvalue weighted by Gasteiger charge is -2.10. The van der Waals surface area contributed by atoms with Crippen LogP contribution in [0.3, 0.4) is 0 Å². The summed E-state index contributed by atoms with van der Waals surface area (Å²) in [4.78, 5) is 0. The van der Waals surface area contributed by atoms with Crippen molar-refractivity contribution in [2.24, 2.45) is 0 Å². The molecule has 0 unspecified atom stereocenters. The predicted molar refractivity (Wildman–Crippen MR) is 72.0 cm³/mol. The molecule has 1 rings (SSSR count). The van der Waals surface area contributed by atoms with Gasteiger partial charge in [0.25, 0.3) is 0 Å². The van der Waals surface area contributed by atoms with Crippen LogP contribution in [0.25, 0.3) is 0 Å². The third-order valence-corrected chi connectivity index (χ3v) is 4.17. The second-order valence-electron chi connectivity index (χ2n) is 3.99. The Bertz CT molecular complexity index is 485. The molecule has 0 saturated carbocycles. The van der Waals surface area contributed by atoms with Crippen molar-refractivity contribution in [1.82, 2.24) is 0 Å². The maximum absolute atomic E-state index is 11.4. The average Bonchev–Trinajstić information content (AvgIpc) is 2.29. The normalized spacial score (nSPS) is 11.3. The smallest absolute Gasteiger partial charge is 0.154 e. The molecule has 0 aromatic heterocycles. The molecule has 0 aliphatic carbocycles. The van der Waals surface area contributed by atoms with Crippen LogP contribution in [-0.2, 0) is 9.84 Å². The molecule has 5 nitrogen and oxygen atoms in total. The van der Waals surface area contributed by atoms with Crippen molar-refractivity contribution in [3.05, 3.63) is 23.8 Å². The number of anilines is 1. The van der Waals surface area contributed by atoms with Gasteiger partial charge in [-0.2, -0.15) is 0 Å². The number of ether oxygens (including phenoxy) is 1. The van der Waals surface area contributed by atoms with Crippen LogP contribution >= 0.6 is 0 Å². The first-order chi connectivity index (χ1) is 8.48. The van der Waals surface area contributed by atoms with Gasteiger partial charge in [0.2, 0.25) is 0 Å². The molecular weight excluding hydrogens is 254 g/mol. The van der Waals surface area contributed by atoms with E-state index in [1.54, 1.807) is 7.11 Å². The van der Waals surface area contributed by atoms with E-state index in [0.29, 0.717) is 6.54 Å². The van der Waals surface area contributed by atoms with Crippen LogP contribution in [0.5, 0.6) is 5.75 Å². The lowest BCUT2D eigenvalue weighted by atomic mass is 10.2. The molecule has 0 aliphatic heterocycles. The second-order valence-corrected chi connectivity index (χ2v) is 6.29. The zero-order valence-electron chi connectivity index (χ0n) is 10.6. The minimum atomic E-state index is -3.16. The molecule has 0 aliphatic rings. The van der Waals surface area contributed by atoms with Gasteiger partial charge < -0.3 is 15.2 Å². The Morgan fingerprint density at radius 2 is 2.06 bits per heavy atom. The molecule has 0 radical (unpaired) electrons. The molecule has 0 bridgehead atoms. The minimum Gasteiger partial charge on any atom is -0.496 e. The minimum absolute atomic E-state index is 0.0125. The number of hydrogen-bond donors (Lipinski definition) is 2. The number of hydrogen-bond acceptors (Lipinski definition) is 5. The van der Waals surface area contributed by atoms with Crippen LogP contribution in [0.4, 0.5) is 5.69 Å². The Hall–Kier alpha value is -1.27. The van der Waals surface area contributed by atoms with Crippen LogP contribution in [-0.4, -0.2) is 45.3 Å².